The highest BCUT2D eigenvalue weighted by atomic mass is 16.5. The Labute approximate surface area is 193 Å². The molecular weight excluding hydrogens is 418 g/mol. The summed E-state index contributed by atoms with van der Waals surface area (Å²) in [4.78, 5) is 26.7. The summed E-state index contributed by atoms with van der Waals surface area (Å²) < 4.78 is 11.0. The monoisotopic (exact) mass is 447 g/mol. The number of carbonyl (C=O) groups excluding carboxylic acids is 2. The number of rotatable bonds is 5. The lowest BCUT2D eigenvalue weighted by molar-refractivity contribution is -0.140. The van der Waals surface area contributed by atoms with E-state index < -0.39 is 11.9 Å². The van der Waals surface area contributed by atoms with Gasteiger partial charge in [-0.15, -0.1) is 0 Å². The van der Waals surface area contributed by atoms with E-state index in [1.807, 2.05) is 37.3 Å². The van der Waals surface area contributed by atoms with E-state index >= 15 is 0 Å². The lowest BCUT2D eigenvalue weighted by Crippen LogP contribution is -2.38. The van der Waals surface area contributed by atoms with Crippen molar-refractivity contribution in [3.8, 4) is 11.5 Å². The Kier molecular flexibility index (Phi) is 6.02. The number of allylic oxidation sites excluding steroid dienone is 3. The van der Waals surface area contributed by atoms with Gasteiger partial charge in [0.05, 0.1) is 12.7 Å². The van der Waals surface area contributed by atoms with Gasteiger partial charge in [0.1, 0.15) is 6.61 Å². The van der Waals surface area contributed by atoms with Crippen LogP contribution in [0.1, 0.15) is 50.7 Å². The van der Waals surface area contributed by atoms with Crippen LogP contribution in [-0.2, 0) is 20.9 Å². The predicted molar refractivity (Wildman–Crippen MR) is 125 cm³/mol. The molecule has 0 amide bonds. The van der Waals surface area contributed by atoms with Crippen molar-refractivity contribution in [2.75, 3.05) is 7.11 Å². The number of hydrogen-bond acceptors (Lipinski definition) is 6. The Bertz CT molecular complexity index is 1160. The molecule has 2 N–H and O–H groups in total. The van der Waals surface area contributed by atoms with Gasteiger partial charge in [-0.2, -0.15) is 0 Å². The van der Waals surface area contributed by atoms with E-state index in [1.165, 1.54) is 13.2 Å². The smallest absolute Gasteiger partial charge is 0.337 e. The van der Waals surface area contributed by atoms with Crippen LogP contribution in [0.2, 0.25) is 0 Å². The summed E-state index contributed by atoms with van der Waals surface area (Å²) >= 11 is 0. The molecule has 0 bridgehead atoms. The maximum Gasteiger partial charge on any atom is 0.337 e. The molecule has 0 fully saturated rings. The molecular formula is C27H29NO5. The summed E-state index contributed by atoms with van der Waals surface area (Å²) in [5, 5.41) is 13.4. The predicted octanol–water partition coefficient (Wildman–Crippen LogP) is 4.75. The van der Waals surface area contributed by atoms with Gasteiger partial charge >= 0.3 is 5.97 Å². The second-order valence-electron chi connectivity index (χ2n) is 9.42. The molecule has 6 heteroatoms. The Morgan fingerprint density at radius 2 is 1.88 bits per heavy atom. The van der Waals surface area contributed by atoms with Gasteiger partial charge in [0.15, 0.2) is 17.3 Å². The number of hydrogen-bond donors (Lipinski definition) is 2. The van der Waals surface area contributed by atoms with Crippen LogP contribution in [0.25, 0.3) is 0 Å². The number of nitrogens with one attached hydrogen (secondary N) is 1. The average molecular weight is 448 g/mol. The number of benzene rings is 2. The van der Waals surface area contributed by atoms with E-state index in [0.29, 0.717) is 35.2 Å². The highest BCUT2D eigenvalue weighted by molar-refractivity contribution is 6.04. The zero-order valence-corrected chi connectivity index (χ0v) is 19.4. The van der Waals surface area contributed by atoms with Crippen molar-refractivity contribution in [2.24, 2.45) is 5.41 Å². The van der Waals surface area contributed by atoms with Crippen molar-refractivity contribution in [1.29, 1.82) is 0 Å². The minimum atomic E-state index is -0.609. The molecule has 0 spiro atoms. The Balaban J connectivity index is 1.77. The van der Waals surface area contributed by atoms with Gasteiger partial charge < -0.3 is 19.9 Å². The first-order valence-electron chi connectivity index (χ1n) is 11.0. The highest BCUT2D eigenvalue weighted by Gasteiger charge is 2.43. The van der Waals surface area contributed by atoms with Crippen LogP contribution < -0.4 is 10.1 Å². The van der Waals surface area contributed by atoms with E-state index in [1.54, 1.807) is 12.1 Å². The van der Waals surface area contributed by atoms with E-state index in [9.17, 15) is 14.7 Å². The number of Topliss-reactive ketones (excluding diaryl/α,β-unsaturated/α-hetero) is 1. The minimum Gasteiger partial charge on any atom is -0.504 e. The van der Waals surface area contributed by atoms with Crippen LogP contribution in [0.3, 0.4) is 0 Å². The van der Waals surface area contributed by atoms with Gasteiger partial charge in [-0.05, 0) is 42.0 Å². The fourth-order valence-corrected chi connectivity index (χ4v) is 4.71. The van der Waals surface area contributed by atoms with Gasteiger partial charge in [0.25, 0.3) is 0 Å². The molecule has 6 nitrogen and oxygen atoms in total. The fourth-order valence-electron chi connectivity index (χ4n) is 4.71. The summed E-state index contributed by atoms with van der Waals surface area (Å²) in [6.07, 6.45) is 1.09. The van der Waals surface area contributed by atoms with Crippen LogP contribution in [0.5, 0.6) is 11.5 Å². The third-order valence-electron chi connectivity index (χ3n) is 6.21. The molecule has 1 heterocycles. The molecule has 0 saturated carbocycles. The Hall–Kier alpha value is -3.54. The third-order valence-corrected chi connectivity index (χ3v) is 6.21. The number of methoxy groups -OCH3 is 1. The average Bonchev–Trinajstić information content (AvgIpc) is 2.76. The number of phenols is 1. The number of carbonyl (C=O) groups is 2. The summed E-state index contributed by atoms with van der Waals surface area (Å²) in [7, 11) is 1.47. The summed E-state index contributed by atoms with van der Waals surface area (Å²) in [5.41, 5.74) is 3.87. The summed E-state index contributed by atoms with van der Waals surface area (Å²) in [6, 6.07) is 14.4. The van der Waals surface area contributed by atoms with Crippen LogP contribution in [0, 0.1) is 5.41 Å². The van der Waals surface area contributed by atoms with Crippen molar-refractivity contribution in [1.82, 2.24) is 5.32 Å². The SMILES string of the molecule is COc1cc([C@H]2C(C(=O)OCc3ccccc3)=C(C)NC3=C2C(=O)CC(C)(C)C3)ccc1O. The van der Waals surface area contributed by atoms with E-state index in [0.717, 1.165) is 11.3 Å². The minimum absolute atomic E-state index is 0.00519. The molecule has 172 valence electrons. The van der Waals surface area contributed by atoms with Crippen LogP contribution in [0.15, 0.2) is 71.1 Å². The van der Waals surface area contributed by atoms with Crippen molar-refractivity contribution >= 4 is 11.8 Å². The fraction of sp³-hybridized carbons (Fsp3) is 0.333. The molecule has 1 atom stereocenters. The van der Waals surface area contributed by atoms with Crippen LogP contribution in [-0.4, -0.2) is 24.0 Å². The molecule has 4 rings (SSSR count). The number of dihydropyridines is 1. The van der Waals surface area contributed by atoms with E-state index in [4.69, 9.17) is 9.47 Å². The second-order valence-corrected chi connectivity index (χ2v) is 9.42. The van der Waals surface area contributed by atoms with E-state index in [2.05, 4.69) is 19.2 Å². The molecule has 1 aliphatic carbocycles. The molecule has 2 aromatic carbocycles. The van der Waals surface area contributed by atoms with Crippen molar-refractivity contribution in [3.63, 3.8) is 0 Å². The molecule has 0 radical (unpaired) electrons. The van der Waals surface area contributed by atoms with Gasteiger partial charge in [-0.1, -0.05) is 50.2 Å². The lowest BCUT2D eigenvalue weighted by atomic mass is 9.68. The first kappa shape index (κ1) is 22.6. The van der Waals surface area contributed by atoms with Crippen molar-refractivity contribution < 1.29 is 24.2 Å². The van der Waals surface area contributed by atoms with Crippen molar-refractivity contribution in [3.05, 3.63) is 82.2 Å². The Morgan fingerprint density at radius 3 is 2.58 bits per heavy atom. The highest BCUT2D eigenvalue weighted by Crippen LogP contribution is 2.47. The lowest BCUT2D eigenvalue weighted by Gasteiger charge is -2.39. The molecule has 2 aliphatic rings. The standard InChI is InChI=1S/C27H29NO5/c1-16-23(26(31)33-15-17-8-6-5-7-9-17)24(18-10-11-20(29)22(12-18)32-4)25-19(28-16)13-27(2,3)14-21(25)30/h5-12,24,28-29H,13-15H2,1-4H3/t24-/m0/s1. The molecule has 0 unspecified atom stereocenters. The number of ketones is 1. The number of phenolic OH excluding ortho intramolecular Hbond substituents is 1. The summed E-state index contributed by atoms with van der Waals surface area (Å²) in [5.74, 6) is -0.805. The first-order valence-corrected chi connectivity index (χ1v) is 11.0. The molecule has 33 heavy (non-hydrogen) atoms. The van der Waals surface area contributed by atoms with Crippen LogP contribution >= 0.6 is 0 Å². The van der Waals surface area contributed by atoms with Gasteiger partial charge in [-0.25, -0.2) is 4.79 Å². The zero-order chi connectivity index (χ0) is 23.8. The Morgan fingerprint density at radius 1 is 1.15 bits per heavy atom. The normalized spacial score (nSPS) is 19.6. The molecule has 0 aromatic heterocycles. The van der Waals surface area contributed by atoms with E-state index in [-0.39, 0.29) is 29.3 Å². The third kappa shape index (κ3) is 4.51. The van der Waals surface area contributed by atoms with Crippen molar-refractivity contribution in [2.45, 2.75) is 46.1 Å². The number of esters is 1. The maximum absolute atomic E-state index is 13.4. The molecule has 1 aliphatic heterocycles. The first-order chi connectivity index (χ1) is 15.7. The van der Waals surface area contributed by atoms with Gasteiger partial charge in [0.2, 0.25) is 0 Å². The maximum atomic E-state index is 13.4. The van der Waals surface area contributed by atoms with Gasteiger partial charge in [0, 0.05) is 29.3 Å². The number of ether oxygens (including phenoxy) is 2. The second kappa shape index (κ2) is 8.77. The number of aromatic hydroxyl groups is 1. The molecule has 2 aromatic rings. The summed E-state index contributed by atoms with van der Waals surface area (Å²) in [6.45, 7) is 6.10. The van der Waals surface area contributed by atoms with Crippen LogP contribution in [0.4, 0.5) is 0 Å². The quantitative estimate of drug-likeness (QED) is 0.644. The largest absolute Gasteiger partial charge is 0.504 e. The molecule has 0 saturated heterocycles. The topological polar surface area (TPSA) is 84.9 Å². The zero-order valence-electron chi connectivity index (χ0n) is 19.4. The van der Waals surface area contributed by atoms with Gasteiger partial charge in [-0.3, -0.25) is 4.79 Å².